The molecule has 1 heterocycles. The Morgan fingerprint density at radius 1 is 1.48 bits per heavy atom. The number of rotatable bonds is 5. The van der Waals surface area contributed by atoms with Gasteiger partial charge in [-0.25, -0.2) is 14.2 Å². The smallest absolute Gasteiger partial charge is 0.331 e. The van der Waals surface area contributed by atoms with Gasteiger partial charge in [0.2, 0.25) is 5.91 Å². The van der Waals surface area contributed by atoms with Gasteiger partial charge in [0.15, 0.2) is 5.13 Å². The lowest BCUT2D eigenvalue weighted by atomic mass is 10.2. The lowest BCUT2D eigenvalue weighted by Crippen LogP contribution is -2.06. The van der Waals surface area contributed by atoms with E-state index in [0.29, 0.717) is 15.3 Å². The molecule has 1 N–H and O–H groups in total. The number of hydrogen-bond acceptors (Lipinski definition) is 5. The summed E-state index contributed by atoms with van der Waals surface area (Å²) in [6.07, 6.45) is 2.48. The largest absolute Gasteiger partial charge is 0.456 e. The highest BCUT2D eigenvalue weighted by Gasteiger charge is 2.06. The van der Waals surface area contributed by atoms with Crippen molar-refractivity contribution in [2.75, 3.05) is 5.32 Å². The normalized spacial score (nSPS) is 10.7. The quantitative estimate of drug-likeness (QED) is 0.614. The fourth-order valence-corrected chi connectivity index (χ4v) is 2.69. The molecule has 120 valence electrons. The number of esters is 1. The van der Waals surface area contributed by atoms with Gasteiger partial charge in [0.1, 0.15) is 12.4 Å². The zero-order valence-electron chi connectivity index (χ0n) is 12.0. The van der Waals surface area contributed by atoms with Crippen molar-refractivity contribution in [3.05, 3.63) is 51.2 Å². The summed E-state index contributed by atoms with van der Waals surface area (Å²) in [5, 5.41) is 4.66. The first-order valence-corrected chi connectivity index (χ1v) is 8.13. The molecule has 0 atom stereocenters. The number of ether oxygens (including phenoxy) is 1. The number of nitrogens with one attached hydrogen (secondary N) is 1. The second kappa shape index (κ2) is 7.98. The van der Waals surface area contributed by atoms with Gasteiger partial charge in [0, 0.05) is 28.4 Å². The molecule has 1 amide bonds. The Morgan fingerprint density at radius 2 is 2.26 bits per heavy atom. The number of aromatic nitrogens is 1. The number of halogens is 2. The Balaban J connectivity index is 1.89. The Labute approximate surface area is 144 Å². The van der Waals surface area contributed by atoms with Crippen molar-refractivity contribution in [1.82, 2.24) is 4.98 Å². The Bertz CT molecular complexity index is 761. The first-order valence-electron chi connectivity index (χ1n) is 6.46. The number of carbonyl (C=O) groups is 2. The van der Waals surface area contributed by atoms with Crippen LogP contribution in [0.2, 0.25) is 0 Å². The molecular weight excluding hydrogens is 387 g/mol. The second-order valence-electron chi connectivity index (χ2n) is 4.43. The first kappa shape index (κ1) is 17.3. The summed E-state index contributed by atoms with van der Waals surface area (Å²) >= 11 is 4.47. The summed E-state index contributed by atoms with van der Waals surface area (Å²) in [4.78, 5) is 26.6. The van der Waals surface area contributed by atoms with Gasteiger partial charge in [0.05, 0.1) is 5.69 Å². The van der Waals surface area contributed by atoms with Crippen LogP contribution in [0.15, 0.2) is 34.1 Å². The topological polar surface area (TPSA) is 68.3 Å². The van der Waals surface area contributed by atoms with Crippen molar-refractivity contribution < 1.29 is 18.7 Å². The molecule has 1 aromatic heterocycles. The fraction of sp³-hybridized carbons (Fsp3) is 0.133. The van der Waals surface area contributed by atoms with Crippen LogP contribution in [-0.2, 0) is 20.9 Å². The van der Waals surface area contributed by atoms with Gasteiger partial charge in [-0.15, -0.1) is 11.3 Å². The minimum atomic E-state index is -0.613. The highest BCUT2D eigenvalue weighted by Crippen LogP contribution is 2.17. The van der Waals surface area contributed by atoms with E-state index in [2.05, 4.69) is 26.2 Å². The van der Waals surface area contributed by atoms with Gasteiger partial charge in [-0.2, -0.15) is 0 Å². The van der Waals surface area contributed by atoms with E-state index in [1.807, 2.05) is 0 Å². The summed E-state index contributed by atoms with van der Waals surface area (Å²) in [6, 6.07) is 4.42. The minimum absolute atomic E-state index is 0.0276. The van der Waals surface area contributed by atoms with E-state index in [0.717, 1.165) is 6.08 Å². The van der Waals surface area contributed by atoms with Crippen LogP contribution in [0.5, 0.6) is 0 Å². The lowest BCUT2D eigenvalue weighted by Gasteiger charge is -2.00. The summed E-state index contributed by atoms with van der Waals surface area (Å²) in [5.41, 5.74) is 0.798. The molecule has 8 heteroatoms. The van der Waals surface area contributed by atoms with Crippen LogP contribution in [0.25, 0.3) is 6.08 Å². The molecule has 2 aromatic rings. The third-order valence-corrected chi connectivity index (χ3v) is 3.85. The van der Waals surface area contributed by atoms with Crippen molar-refractivity contribution in [3.8, 4) is 0 Å². The molecule has 23 heavy (non-hydrogen) atoms. The molecule has 0 unspecified atom stereocenters. The summed E-state index contributed by atoms with van der Waals surface area (Å²) in [7, 11) is 0. The number of carbonyl (C=O) groups excluding carboxylic acids is 2. The van der Waals surface area contributed by atoms with Crippen molar-refractivity contribution in [1.29, 1.82) is 0 Å². The van der Waals surface area contributed by atoms with Gasteiger partial charge in [-0.05, 0) is 24.3 Å². The maximum atomic E-state index is 13.5. The second-order valence-corrected chi connectivity index (χ2v) is 6.21. The van der Waals surface area contributed by atoms with Gasteiger partial charge < -0.3 is 10.1 Å². The van der Waals surface area contributed by atoms with Gasteiger partial charge in [-0.1, -0.05) is 15.9 Å². The number of amides is 1. The van der Waals surface area contributed by atoms with Crippen molar-refractivity contribution in [2.24, 2.45) is 0 Å². The predicted octanol–water partition coefficient (Wildman–Crippen LogP) is 3.76. The average Bonchev–Trinajstić information content (AvgIpc) is 2.92. The highest BCUT2D eigenvalue weighted by atomic mass is 79.9. The van der Waals surface area contributed by atoms with E-state index in [1.165, 1.54) is 30.4 Å². The van der Waals surface area contributed by atoms with Gasteiger partial charge in [-0.3, -0.25) is 4.79 Å². The van der Waals surface area contributed by atoms with E-state index in [-0.39, 0.29) is 18.1 Å². The Hall–Kier alpha value is -2.06. The molecule has 0 bridgehead atoms. The highest BCUT2D eigenvalue weighted by molar-refractivity contribution is 9.10. The SMILES string of the molecule is CC(=O)Nc1nc(COC(=O)/C=C/c2cc(Br)ccc2F)cs1. The zero-order chi connectivity index (χ0) is 16.8. The van der Waals surface area contributed by atoms with E-state index in [9.17, 15) is 14.0 Å². The molecule has 0 aliphatic heterocycles. The summed E-state index contributed by atoms with van der Waals surface area (Å²) < 4.78 is 19.2. The van der Waals surface area contributed by atoms with Crippen LogP contribution in [0, 0.1) is 5.82 Å². The van der Waals surface area contributed by atoms with Crippen LogP contribution in [0.4, 0.5) is 9.52 Å². The van der Waals surface area contributed by atoms with Crippen LogP contribution < -0.4 is 5.32 Å². The van der Waals surface area contributed by atoms with E-state index in [1.54, 1.807) is 17.5 Å². The molecule has 5 nitrogen and oxygen atoms in total. The van der Waals surface area contributed by atoms with Crippen LogP contribution in [-0.4, -0.2) is 16.9 Å². The number of anilines is 1. The van der Waals surface area contributed by atoms with E-state index in [4.69, 9.17) is 4.74 Å². The first-order chi connectivity index (χ1) is 10.9. The molecule has 0 spiro atoms. The molecule has 0 radical (unpaired) electrons. The molecule has 1 aromatic carbocycles. The van der Waals surface area contributed by atoms with Gasteiger partial charge in [0.25, 0.3) is 0 Å². The van der Waals surface area contributed by atoms with Crippen molar-refractivity contribution in [3.63, 3.8) is 0 Å². The Morgan fingerprint density at radius 3 is 3.00 bits per heavy atom. The molecular formula is C15H12BrFN2O3S. The van der Waals surface area contributed by atoms with Crippen molar-refractivity contribution in [2.45, 2.75) is 13.5 Å². The summed E-state index contributed by atoms with van der Waals surface area (Å²) in [6.45, 7) is 1.35. The Kier molecular flexibility index (Phi) is 6.00. The minimum Gasteiger partial charge on any atom is -0.456 e. The summed E-state index contributed by atoms with van der Waals surface area (Å²) in [5.74, 6) is -1.27. The number of hydrogen-bond donors (Lipinski definition) is 1. The molecule has 0 aliphatic rings. The standard InChI is InChI=1S/C15H12BrFN2O3S/c1-9(20)18-15-19-12(8-23-15)7-22-14(21)5-2-10-6-11(16)3-4-13(10)17/h2-6,8H,7H2,1H3,(H,18,19,20)/b5-2+. The maximum absolute atomic E-state index is 13.5. The monoisotopic (exact) mass is 398 g/mol. The van der Waals surface area contributed by atoms with Crippen molar-refractivity contribution >= 4 is 50.4 Å². The van der Waals surface area contributed by atoms with E-state index < -0.39 is 11.8 Å². The van der Waals surface area contributed by atoms with Crippen LogP contribution in [0.3, 0.4) is 0 Å². The molecule has 0 fully saturated rings. The zero-order valence-corrected chi connectivity index (χ0v) is 14.4. The lowest BCUT2D eigenvalue weighted by molar-refractivity contribution is -0.139. The predicted molar refractivity (Wildman–Crippen MR) is 89.3 cm³/mol. The molecule has 0 saturated carbocycles. The molecule has 2 rings (SSSR count). The van der Waals surface area contributed by atoms with Gasteiger partial charge >= 0.3 is 5.97 Å². The number of thiazole rings is 1. The fourth-order valence-electron chi connectivity index (χ4n) is 1.57. The number of benzene rings is 1. The third kappa shape index (κ3) is 5.57. The number of nitrogens with zero attached hydrogens (tertiary/aromatic N) is 1. The average molecular weight is 399 g/mol. The van der Waals surface area contributed by atoms with Crippen LogP contribution in [0.1, 0.15) is 18.2 Å². The third-order valence-electron chi connectivity index (χ3n) is 2.55. The molecule has 0 saturated heterocycles. The van der Waals surface area contributed by atoms with Crippen LogP contribution >= 0.6 is 27.3 Å². The maximum Gasteiger partial charge on any atom is 0.331 e. The molecule has 0 aliphatic carbocycles. The van der Waals surface area contributed by atoms with E-state index >= 15 is 0 Å².